The van der Waals surface area contributed by atoms with Crippen molar-refractivity contribution in [1.29, 1.82) is 0 Å². The van der Waals surface area contributed by atoms with Crippen molar-refractivity contribution >= 4 is 11.9 Å². The lowest BCUT2D eigenvalue weighted by Gasteiger charge is -2.32. The van der Waals surface area contributed by atoms with E-state index in [-0.39, 0.29) is 24.3 Å². The van der Waals surface area contributed by atoms with Crippen LogP contribution in [0, 0.1) is 11.7 Å². The van der Waals surface area contributed by atoms with Gasteiger partial charge in [-0.3, -0.25) is 9.59 Å². The third-order valence-electron chi connectivity index (χ3n) is 3.16. The maximum atomic E-state index is 13.3. The molecule has 2 N–H and O–H groups in total. The van der Waals surface area contributed by atoms with Gasteiger partial charge >= 0.3 is 5.97 Å². The van der Waals surface area contributed by atoms with Crippen LogP contribution in [0.15, 0.2) is 24.3 Å². The fourth-order valence-electron chi connectivity index (χ4n) is 2.03. The molecule has 1 aromatic carbocycles. The molecule has 0 aliphatic heterocycles. The van der Waals surface area contributed by atoms with Crippen molar-refractivity contribution in [2.75, 3.05) is 0 Å². The molecule has 0 saturated heterocycles. The third kappa shape index (κ3) is 2.85. The number of hydrogen-bond acceptors (Lipinski definition) is 2. The minimum absolute atomic E-state index is 0.0130. The second-order valence-corrected chi connectivity index (χ2v) is 4.54. The minimum Gasteiger partial charge on any atom is -0.481 e. The number of rotatable bonds is 4. The van der Waals surface area contributed by atoms with Crippen LogP contribution in [-0.2, 0) is 16.0 Å². The Balaban J connectivity index is 1.80. The van der Waals surface area contributed by atoms with Crippen LogP contribution in [0.4, 0.5) is 4.39 Å². The normalized spacial score (nSPS) is 22.1. The van der Waals surface area contributed by atoms with Gasteiger partial charge in [-0.05, 0) is 24.5 Å². The molecule has 1 aliphatic carbocycles. The van der Waals surface area contributed by atoms with Gasteiger partial charge in [0.2, 0.25) is 5.91 Å². The fourth-order valence-corrected chi connectivity index (χ4v) is 2.03. The number of amides is 1. The molecule has 0 aromatic heterocycles. The molecule has 2 rings (SSSR count). The highest BCUT2D eigenvalue weighted by molar-refractivity contribution is 5.79. The Morgan fingerprint density at radius 1 is 1.33 bits per heavy atom. The maximum absolute atomic E-state index is 13.3. The first kappa shape index (κ1) is 12.5. The number of nitrogens with one attached hydrogen (secondary N) is 1. The van der Waals surface area contributed by atoms with E-state index in [9.17, 15) is 14.0 Å². The molecular formula is C13H14FNO3. The zero-order valence-corrected chi connectivity index (χ0v) is 9.73. The molecule has 1 saturated carbocycles. The predicted octanol–water partition coefficient (Wildman–Crippen LogP) is 1.35. The number of hydrogen-bond donors (Lipinski definition) is 2. The number of carboxylic acid groups (broad SMARTS) is 1. The average molecular weight is 251 g/mol. The van der Waals surface area contributed by atoms with Crippen molar-refractivity contribution in [1.82, 2.24) is 5.32 Å². The van der Waals surface area contributed by atoms with E-state index < -0.39 is 11.8 Å². The van der Waals surface area contributed by atoms with Crippen molar-refractivity contribution in [3.63, 3.8) is 0 Å². The van der Waals surface area contributed by atoms with Crippen LogP contribution in [0.5, 0.6) is 0 Å². The van der Waals surface area contributed by atoms with Crippen molar-refractivity contribution in [2.45, 2.75) is 25.3 Å². The fraction of sp³-hybridized carbons (Fsp3) is 0.385. The highest BCUT2D eigenvalue weighted by Gasteiger charge is 2.35. The molecule has 1 aromatic rings. The molecule has 1 aliphatic rings. The van der Waals surface area contributed by atoms with Crippen LogP contribution in [0.25, 0.3) is 0 Å². The van der Waals surface area contributed by atoms with E-state index in [0.717, 1.165) is 0 Å². The van der Waals surface area contributed by atoms with Crippen molar-refractivity contribution < 1.29 is 19.1 Å². The largest absolute Gasteiger partial charge is 0.481 e. The van der Waals surface area contributed by atoms with E-state index in [4.69, 9.17) is 5.11 Å². The van der Waals surface area contributed by atoms with Crippen LogP contribution in [-0.4, -0.2) is 23.0 Å². The Labute approximate surface area is 104 Å². The summed E-state index contributed by atoms with van der Waals surface area (Å²) in [6.07, 6.45) is 0.900. The molecule has 18 heavy (non-hydrogen) atoms. The first-order valence-corrected chi connectivity index (χ1v) is 5.82. The number of carboxylic acids is 1. The topological polar surface area (TPSA) is 66.4 Å². The summed E-state index contributed by atoms with van der Waals surface area (Å²) in [4.78, 5) is 22.2. The van der Waals surface area contributed by atoms with E-state index in [1.165, 1.54) is 6.07 Å². The van der Waals surface area contributed by atoms with Gasteiger partial charge in [0.1, 0.15) is 5.82 Å². The monoisotopic (exact) mass is 251 g/mol. The molecule has 0 heterocycles. The van der Waals surface area contributed by atoms with Gasteiger partial charge in [0.25, 0.3) is 0 Å². The molecule has 0 spiro atoms. The van der Waals surface area contributed by atoms with Crippen LogP contribution >= 0.6 is 0 Å². The molecule has 1 fully saturated rings. The van der Waals surface area contributed by atoms with Crippen LogP contribution in [0.1, 0.15) is 18.4 Å². The minimum atomic E-state index is -0.824. The van der Waals surface area contributed by atoms with Crippen molar-refractivity contribution in [2.24, 2.45) is 5.92 Å². The molecule has 5 heteroatoms. The highest BCUT2D eigenvalue weighted by Crippen LogP contribution is 2.27. The van der Waals surface area contributed by atoms with Gasteiger partial charge in [0.15, 0.2) is 0 Å². The number of aliphatic carboxylic acids is 1. The first-order chi connectivity index (χ1) is 8.56. The van der Waals surface area contributed by atoms with Gasteiger partial charge in [-0.2, -0.15) is 0 Å². The van der Waals surface area contributed by atoms with E-state index in [1.807, 2.05) is 0 Å². The number of carbonyl (C=O) groups excluding carboxylic acids is 1. The van der Waals surface area contributed by atoms with Gasteiger partial charge in [0.05, 0.1) is 12.3 Å². The van der Waals surface area contributed by atoms with Crippen LogP contribution in [0.3, 0.4) is 0 Å². The van der Waals surface area contributed by atoms with Crippen LogP contribution < -0.4 is 5.32 Å². The summed E-state index contributed by atoms with van der Waals surface area (Å²) < 4.78 is 13.3. The maximum Gasteiger partial charge on any atom is 0.306 e. The van der Waals surface area contributed by atoms with E-state index in [1.54, 1.807) is 18.2 Å². The summed E-state index contributed by atoms with van der Waals surface area (Å²) in [7, 11) is 0. The SMILES string of the molecule is O=C(Cc1ccccc1F)NC1CC(C(=O)O)C1. The van der Waals surface area contributed by atoms with Gasteiger partial charge in [-0.15, -0.1) is 0 Å². The molecule has 4 nitrogen and oxygen atoms in total. The Hall–Kier alpha value is -1.91. The average Bonchev–Trinajstić information content (AvgIpc) is 2.25. The molecule has 0 unspecified atom stereocenters. The lowest BCUT2D eigenvalue weighted by Crippen LogP contribution is -2.47. The molecular weight excluding hydrogens is 237 g/mol. The second kappa shape index (κ2) is 5.16. The smallest absolute Gasteiger partial charge is 0.306 e. The van der Waals surface area contributed by atoms with E-state index in [2.05, 4.69) is 5.32 Å². The molecule has 0 bridgehead atoms. The van der Waals surface area contributed by atoms with Gasteiger partial charge in [-0.25, -0.2) is 4.39 Å². The summed E-state index contributed by atoms with van der Waals surface area (Å²) >= 11 is 0. The van der Waals surface area contributed by atoms with Gasteiger partial charge in [-0.1, -0.05) is 18.2 Å². The summed E-state index contributed by atoms with van der Waals surface area (Å²) in [6, 6.07) is 6.03. The van der Waals surface area contributed by atoms with Gasteiger partial charge < -0.3 is 10.4 Å². The second-order valence-electron chi connectivity index (χ2n) is 4.54. The Morgan fingerprint density at radius 2 is 2.00 bits per heavy atom. The molecule has 0 radical (unpaired) electrons. The van der Waals surface area contributed by atoms with Crippen molar-refractivity contribution in [3.8, 4) is 0 Å². The van der Waals surface area contributed by atoms with E-state index in [0.29, 0.717) is 18.4 Å². The summed E-state index contributed by atoms with van der Waals surface area (Å²) in [5.41, 5.74) is 0.351. The quantitative estimate of drug-likeness (QED) is 0.848. The number of carbonyl (C=O) groups is 2. The highest BCUT2D eigenvalue weighted by atomic mass is 19.1. The van der Waals surface area contributed by atoms with Crippen LogP contribution in [0.2, 0.25) is 0 Å². The first-order valence-electron chi connectivity index (χ1n) is 5.82. The lowest BCUT2D eigenvalue weighted by molar-refractivity contribution is -0.146. The summed E-state index contributed by atoms with van der Waals surface area (Å²) in [5, 5.41) is 11.4. The summed E-state index contributed by atoms with van der Waals surface area (Å²) in [6.45, 7) is 0. The Morgan fingerprint density at radius 3 is 2.61 bits per heavy atom. The van der Waals surface area contributed by atoms with Gasteiger partial charge in [0, 0.05) is 6.04 Å². The number of halogens is 1. The Bertz CT molecular complexity index is 469. The van der Waals surface area contributed by atoms with E-state index >= 15 is 0 Å². The Kier molecular flexibility index (Phi) is 3.60. The number of benzene rings is 1. The lowest BCUT2D eigenvalue weighted by atomic mass is 9.80. The molecule has 0 atom stereocenters. The summed E-state index contributed by atoms with van der Waals surface area (Å²) in [5.74, 6) is -1.85. The standard InChI is InChI=1S/C13H14FNO3/c14-11-4-2-1-3-8(11)7-12(16)15-10-5-9(6-10)13(17)18/h1-4,9-10H,5-7H2,(H,15,16)(H,17,18). The zero-order valence-electron chi connectivity index (χ0n) is 9.73. The van der Waals surface area contributed by atoms with Crippen molar-refractivity contribution in [3.05, 3.63) is 35.6 Å². The molecule has 1 amide bonds. The third-order valence-corrected chi connectivity index (χ3v) is 3.16. The predicted molar refractivity (Wildman–Crippen MR) is 62.4 cm³/mol. The molecule has 96 valence electrons. The zero-order chi connectivity index (χ0) is 13.1.